The Morgan fingerprint density at radius 1 is 0.516 bits per heavy atom. The Morgan fingerprint density at radius 2 is 0.806 bits per heavy atom. The number of rotatable bonds is 8. The fourth-order valence-electron chi connectivity index (χ4n) is 4.14. The zero-order valence-electron chi connectivity index (χ0n) is 17.9. The van der Waals surface area contributed by atoms with E-state index in [1.165, 1.54) is 21.2 Å². The van der Waals surface area contributed by atoms with Gasteiger partial charge in [-0.3, -0.25) is 0 Å². The summed E-state index contributed by atoms with van der Waals surface area (Å²) in [7, 11) is -1.09. The molecule has 0 nitrogen and oxygen atoms in total. The van der Waals surface area contributed by atoms with Gasteiger partial charge in [-0.15, -0.1) is 6.58 Å². The largest absolute Gasteiger partial charge is 0.102 e. The third-order valence-electron chi connectivity index (χ3n) is 5.58. The maximum atomic E-state index is 4.35. The van der Waals surface area contributed by atoms with Crippen LogP contribution in [-0.2, 0) is 0 Å². The molecule has 0 aliphatic heterocycles. The van der Waals surface area contributed by atoms with E-state index in [4.69, 9.17) is 0 Å². The summed E-state index contributed by atoms with van der Waals surface area (Å²) in [5.41, 5.74) is 0.815. The highest BCUT2D eigenvalue weighted by atomic mass is 31.1. The van der Waals surface area contributed by atoms with E-state index in [9.17, 15) is 0 Å². The van der Waals surface area contributed by atoms with Gasteiger partial charge < -0.3 is 0 Å². The van der Waals surface area contributed by atoms with Crippen molar-refractivity contribution in [3.8, 4) is 0 Å². The van der Waals surface area contributed by atoms with Crippen LogP contribution in [0.15, 0.2) is 134 Å². The molecule has 0 spiro atoms. The van der Waals surface area contributed by atoms with E-state index in [1.807, 2.05) is 0 Å². The maximum absolute atomic E-state index is 4.35. The fraction of sp³-hybridized carbons (Fsp3) is 0.103. The molecule has 0 fully saturated rings. The van der Waals surface area contributed by atoms with E-state index in [0.29, 0.717) is 11.3 Å². The fourth-order valence-corrected chi connectivity index (χ4v) is 10.2. The Kier molecular flexibility index (Phi) is 7.48. The number of benzene rings is 4. The molecule has 0 saturated heterocycles. The van der Waals surface area contributed by atoms with Gasteiger partial charge in [-0.1, -0.05) is 134 Å². The van der Waals surface area contributed by atoms with Crippen molar-refractivity contribution in [3.63, 3.8) is 0 Å². The zero-order valence-corrected chi connectivity index (χ0v) is 19.7. The van der Waals surface area contributed by atoms with E-state index in [1.54, 1.807) is 0 Å². The first-order valence-electron chi connectivity index (χ1n) is 10.7. The molecule has 2 atom stereocenters. The van der Waals surface area contributed by atoms with E-state index in [0.717, 1.165) is 0 Å². The van der Waals surface area contributed by atoms with Gasteiger partial charge in [0.25, 0.3) is 0 Å². The number of hydrogen-bond donors (Lipinski definition) is 0. The van der Waals surface area contributed by atoms with Crippen LogP contribution in [0.25, 0.3) is 0 Å². The lowest BCUT2D eigenvalue weighted by Gasteiger charge is -2.36. The standard InChI is InChI=1S/C29H28P2/c1-3-29(31(27-20-12-6-13-21-27)28-22-14-7-15-23-28)24(2)30(25-16-8-4-9-17-25)26-18-10-5-11-19-26/h3-24,29H,1H2,2H3/t24-,29-/m0/s1. The van der Waals surface area contributed by atoms with E-state index >= 15 is 0 Å². The van der Waals surface area contributed by atoms with Gasteiger partial charge in [-0.2, -0.15) is 0 Å². The first-order chi connectivity index (χ1) is 15.3. The molecule has 0 heterocycles. The highest BCUT2D eigenvalue weighted by Gasteiger charge is 2.33. The Balaban J connectivity index is 1.81. The minimum absolute atomic E-state index is 0.367. The van der Waals surface area contributed by atoms with Crippen molar-refractivity contribution in [2.75, 3.05) is 0 Å². The number of hydrogen-bond acceptors (Lipinski definition) is 0. The summed E-state index contributed by atoms with van der Waals surface area (Å²) in [5.74, 6) is 0. The van der Waals surface area contributed by atoms with Crippen LogP contribution < -0.4 is 21.2 Å². The van der Waals surface area contributed by atoms with Gasteiger partial charge in [-0.25, -0.2) is 0 Å². The molecule has 4 aromatic carbocycles. The monoisotopic (exact) mass is 438 g/mol. The molecular weight excluding hydrogens is 410 g/mol. The second kappa shape index (κ2) is 10.7. The van der Waals surface area contributed by atoms with Crippen molar-refractivity contribution in [2.24, 2.45) is 0 Å². The van der Waals surface area contributed by atoms with Gasteiger partial charge in [0.05, 0.1) is 0 Å². The third-order valence-corrected chi connectivity index (χ3v) is 11.6. The van der Waals surface area contributed by atoms with Crippen molar-refractivity contribution in [2.45, 2.75) is 18.2 Å². The van der Waals surface area contributed by atoms with Gasteiger partial charge in [-0.05, 0) is 42.7 Å². The average molecular weight is 438 g/mol. The van der Waals surface area contributed by atoms with Crippen LogP contribution in [0.3, 0.4) is 0 Å². The molecule has 0 saturated carbocycles. The molecule has 0 bridgehead atoms. The van der Waals surface area contributed by atoms with Crippen LogP contribution in [0.5, 0.6) is 0 Å². The van der Waals surface area contributed by atoms with Gasteiger partial charge in [0, 0.05) is 5.66 Å². The molecule has 0 unspecified atom stereocenters. The molecule has 0 aromatic heterocycles. The lowest BCUT2D eigenvalue weighted by atomic mass is 10.3. The maximum Gasteiger partial charge on any atom is 0.0119 e. The van der Waals surface area contributed by atoms with Gasteiger partial charge in [0.15, 0.2) is 0 Å². The minimum atomic E-state index is -0.569. The predicted molar refractivity (Wildman–Crippen MR) is 142 cm³/mol. The van der Waals surface area contributed by atoms with Gasteiger partial charge in [0.2, 0.25) is 0 Å². The second-order valence-electron chi connectivity index (χ2n) is 7.55. The van der Waals surface area contributed by atoms with Crippen molar-refractivity contribution in [1.29, 1.82) is 0 Å². The van der Waals surface area contributed by atoms with Gasteiger partial charge >= 0.3 is 0 Å². The Morgan fingerprint density at radius 3 is 1.10 bits per heavy atom. The highest BCUT2D eigenvalue weighted by molar-refractivity contribution is 7.77. The lowest BCUT2D eigenvalue weighted by molar-refractivity contribution is 0.985. The van der Waals surface area contributed by atoms with Crippen LogP contribution in [0.1, 0.15) is 6.92 Å². The molecule has 0 amide bonds. The van der Waals surface area contributed by atoms with Crippen molar-refractivity contribution >= 4 is 37.1 Å². The Bertz CT molecular complexity index is 984. The third kappa shape index (κ3) is 5.04. The zero-order chi connectivity index (χ0) is 21.5. The summed E-state index contributed by atoms with van der Waals surface area (Å²) in [6, 6.07) is 44.1. The SMILES string of the molecule is C=C[C@@H]([C@H](C)P(c1ccccc1)c1ccccc1)P(c1ccccc1)c1ccccc1. The van der Waals surface area contributed by atoms with Crippen molar-refractivity contribution in [3.05, 3.63) is 134 Å². The molecule has 4 rings (SSSR count). The van der Waals surface area contributed by atoms with Crippen LogP contribution in [0.2, 0.25) is 0 Å². The Hall–Kier alpha value is -2.52. The molecule has 31 heavy (non-hydrogen) atoms. The molecule has 0 aliphatic carbocycles. The smallest absolute Gasteiger partial charge is 0.0119 e. The molecule has 4 aromatic rings. The van der Waals surface area contributed by atoms with Crippen LogP contribution >= 0.6 is 15.8 Å². The normalized spacial score (nSPS) is 13.1. The van der Waals surface area contributed by atoms with E-state index < -0.39 is 15.8 Å². The quantitative estimate of drug-likeness (QED) is 0.227. The van der Waals surface area contributed by atoms with Crippen molar-refractivity contribution in [1.82, 2.24) is 0 Å². The molecule has 0 radical (unpaired) electrons. The average Bonchev–Trinajstić information content (AvgIpc) is 2.85. The Labute approximate surface area is 189 Å². The molecule has 154 valence electrons. The highest BCUT2D eigenvalue weighted by Crippen LogP contribution is 2.51. The van der Waals surface area contributed by atoms with Gasteiger partial charge in [0.1, 0.15) is 0 Å². The van der Waals surface area contributed by atoms with Crippen LogP contribution in [-0.4, -0.2) is 11.3 Å². The first-order valence-corrected chi connectivity index (χ1v) is 13.5. The molecule has 0 N–H and O–H groups in total. The first kappa shape index (κ1) is 21.7. The van der Waals surface area contributed by atoms with E-state index in [2.05, 4.69) is 141 Å². The molecule has 2 heteroatoms. The van der Waals surface area contributed by atoms with Crippen LogP contribution in [0, 0.1) is 0 Å². The van der Waals surface area contributed by atoms with Crippen molar-refractivity contribution < 1.29 is 0 Å². The summed E-state index contributed by atoms with van der Waals surface area (Å²) < 4.78 is 0. The predicted octanol–water partition coefficient (Wildman–Crippen LogP) is 6.20. The summed E-state index contributed by atoms with van der Waals surface area (Å²) in [6.07, 6.45) is 2.22. The summed E-state index contributed by atoms with van der Waals surface area (Å²) >= 11 is 0. The second-order valence-corrected chi connectivity index (χ2v) is 12.5. The molecular formula is C29H28P2. The summed E-state index contributed by atoms with van der Waals surface area (Å²) in [4.78, 5) is 0. The topological polar surface area (TPSA) is 0 Å². The minimum Gasteiger partial charge on any atom is -0.102 e. The van der Waals surface area contributed by atoms with E-state index in [-0.39, 0.29) is 0 Å². The van der Waals surface area contributed by atoms with Crippen LogP contribution in [0.4, 0.5) is 0 Å². The number of allylic oxidation sites excluding steroid dienone is 1. The summed E-state index contributed by atoms with van der Waals surface area (Å²) in [5, 5.41) is 5.69. The lowest BCUT2D eigenvalue weighted by Crippen LogP contribution is -2.32. The summed E-state index contributed by atoms with van der Waals surface area (Å²) in [6.45, 7) is 6.78. The molecule has 0 aliphatic rings.